The van der Waals surface area contributed by atoms with Crippen LogP contribution in [0.25, 0.3) is 11.3 Å². The van der Waals surface area contributed by atoms with Gasteiger partial charge in [-0.1, -0.05) is 44.0 Å². The van der Waals surface area contributed by atoms with Crippen molar-refractivity contribution >= 4 is 0 Å². The van der Waals surface area contributed by atoms with Crippen LogP contribution < -0.4 is 0 Å². The molecule has 0 spiro atoms. The molecule has 0 aliphatic carbocycles. The summed E-state index contributed by atoms with van der Waals surface area (Å²) in [4.78, 5) is 0. The van der Waals surface area contributed by atoms with E-state index in [2.05, 4.69) is 44.1 Å². The van der Waals surface area contributed by atoms with Gasteiger partial charge in [-0.25, -0.2) is 4.68 Å². The van der Waals surface area contributed by atoms with E-state index in [1.807, 2.05) is 6.07 Å². The molecule has 0 bridgehead atoms. The molecule has 0 aliphatic heterocycles. The lowest BCUT2D eigenvalue weighted by atomic mass is 10.0. The van der Waals surface area contributed by atoms with Gasteiger partial charge in [0.05, 0.1) is 5.69 Å². The molecule has 0 fully saturated rings. The fraction of sp³-hybridized carbons (Fsp3) is 0.438. The van der Waals surface area contributed by atoms with Crippen LogP contribution in [0.4, 0.5) is 0 Å². The second-order valence-corrected chi connectivity index (χ2v) is 4.99. The molecule has 0 unspecified atom stereocenters. The van der Waals surface area contributed by atoms with E-state index in [-0.39, 0.29) is 0 Å². The first-order chi connectivity index (χ1) is 9.17. The molecule has 2 rings (SSSR count). The minimum absolute atomic E-state index is 0.334. The van der Waals surface area contributed by atoms with E-state index in [1.54, 1.807) is 4.68 Å². The normalized spacial score (nSPS) is 10.9. The highest BCUT2D eigenvalue weighted by molar-refractivity contribution is 5.66. The fourth-order valence-electron chi connectivity index (χ4n) is 2.36. The molecule has 0 amide bonds. The van der Waals surface area contributed by atoms with E-state index in [0.717, 1.165) is 42.6 Å². The van der Waals surface area contributed by atoms with Crippen LogP contribution in [0.15, 0.2) is 24.3 Å². The van der Waals surface area contributed by atoms with E-state index in [9.17, 15) is 5.11 Å². The van der Waals surface area contributed by atoms with Crippen molar-refractivity contribution in [3.63, 3.8) is 0 Å². The molecule has 1 aromatic heterocycles. The molecular weight excluding hydrogens is 236 g/mol. The minimum Gasteiger partial charge on any atom is -0.493 e. The number of aromatic hydroxyl groups is 1. The third-order valence-corrected chi connectivity index (χ3v) is 3.25. The van der Waals surface area contributed by atoms with Gasteiger partial charge in [-0.15, -0.1) is 0 Å². The van der Waals surface area contributed by atoms with Crippen molar-refractivity contribution in [2.75, 3.05) is 0 Å². The lowest BCUT2D eigenvalue weighted by Gasteiger charge is -2.02. The van der Waals surface area contributed by atoms with Crippen molar-refractivity contribution in [2.24, 2.45) is 0 Å². The van der Waals surface area contributed by atoms with Crippen molar-refractivity contribution in [3.05, 3.63) is 35.4 Å². The summed E-state index contributed by atoms with van der Waals surface area (Å²) in [5.41, 5.74) is 4.20. The third-order valence-electron chi connectivity index (χ3n) is 3.25. The minimum atomic E-state index is 0.334. The van der Waals surface area contributed by atoms with Crippen LogP contribution in [0.5, 0.6) is 5.88 Å². The first kappa shape index (κ1) is 13.7. The summed E-state index contributed by atoms with van der Waals surface area (Å²) in [5, 5.41) is 14.9. The molecule has 0 saturated heterocycles. The van der Waals surface area contributed by atoms with Gasteiger partial charge in [0, 0.05) is 17.7 Å². The first-order valence-corrected chi connectivity index (χ1v) is 7.03. The molecule has 1 heterocycles. The molecule has 3 heteroatoms. The predicted molar refractivity (Wildman–Crippen MR) is 78.4 cm³/mol. The number of benzene rings is 1. The molecule has 0 atom stereocenters. The van der Waals surface area contributed by atoms with Crippen molar-refractivity contribution in [2.45, 2.75) is 46.6 Å². The summed E-state index contributed by atoms with van der Waals surface area (Å²) in [5.74, 6) is 0.334. The van der Waals surface area contributed by atoms with Gasteiger partial charge in [-0.2, -0.15) is 5.10 Å². The van der Waals surface area contributed by atoms with Crippen molar-refractivity contribution in [1.29, 1.82) is 0 Å². The highest BCUT2D eigenvalue weighted by Gasteiger charge is 2.17. The Morgan fingerprint density at radius 3 is 2.63 bits per heavy atom. The zero-order valence-electron chi connectivity index (χ0n) is 12.0. The van der Waals surface area contributed by atoms with Crippen LogP contribution in [0.2, 0.25) is 0 Å². The molecule has 0 radical (unpaired) electrons. The quantitative estimate of drug-likeness (QED) is 0.882. The van der Waals surface area contributed by atoms with E-state index >= 15 is 0 Å². The zero-order chi connectivity index (χ0) is 13.8. The zero-order valence-corrected chi connectivity index (χ0v) is 12.0. The van der Waals surface area contributed by atoms with Gasteiger partial charge in [0.25, 0.3) is 0 Å². The molecule has 19 heavy (non-hydrogen) atoms. The molecule has 2 aromatic rings. The summed E-state index contributed by atoms with van der Waals surface area (Å²) in [6, 6.07) is 8.30. The lowest BCUT2D eigenvalue weighted by molar-refractivity contribution is 0.392. The molecule has 3 nitrogen and oxygen atoms in total. The smallest absolute Gasteiger partial charge is 0.213 e. The Hall–Kier alpha value is -1.77. The van der Waals surface area contributed by atoms with E-state index in [4.69, 9.17) is 0 Å². The topological polar surface area (TPSA) is 38.0 Å². The predicted octanol–water partition coefficient (Wildman–Crippen LogP) is 3.93. The fourth-order valence-corrected chi connectivity index (χ4v) is 2.36. The number of hydrogen-bond donors (Lipinski definition) is 1. The number of hydrogen-bond acceptors (Lipinski definition) is 2. The lowest BCUT2D eigenvalue weighted by Crippen LogP contribution is -1.98. The summed E-state index contributed by atoms with van der Waals surface area (Å²) < 4.78 is 1.72. The van der Waals surface area contributed by atoms with Gasteiger partial charge < -0.3 is 5.11 Å². The van der Waals surface area contributed by atoms with Gasteiger partial charge in [-0.05, 0) is 25.8 Å². The number of rotatable bonds is 5. The third kappa shape index (κ3) is 2.80. The van der Waals surface area contributed by atoms with E-state index in [1.165, 1.54) is 5.56 Å². The Morgan fingerprint density at radius 1 is 1.21 bits per heavy atom. The Kier molecular flexibility index (Phi) is 4.25. The molecule has 1 aromatic carbocycles. The molecular formula is C16H22N2O. The average molecular weight is 258 g/mol. The Balaban J connectivity index is 2.51. The maximum absolute atomic E-state index is 10.3. The first-order valence-electron chi connectivity index (χ1n) is 7.03. The van der Waals surface area contributed by atoms with Crippen molar-refractivity contribution in [3.8, 4) is 17.1 Å². The largest absolute Gasteiger partial charge is 0.493 e. The highest BCUT2D eigenvalue weighted by atomic mass is 16.3. The standard InChI is InChI=1S/C16H22N2O/c1-4-7-14-15(13-9-6-8-12(3)11-13)17-18(10-5-2)16(14)19/h6,8-9,11,19H,4-5,7,10H2,1-3H3. The van der Waals surface area contributed by atoms with Crippen LogP contribution in [-0.4, -0.2) is 14.9 Å². The molecule has 102 valence electrons. The molecule has 0 saturated carbocycles. The van der Waals surface area contributed by atoms with Crippen LogP contribution in [0.1, 0.15) is 37.8 Å². The maximum atomic E-state index is 10.3. The van der Waals surface area contributed by atoms with Crippen LogP contribution >= 0.6 is 0 Å². The number of nitrogens with zero attached hydrogens (tertiary/aromatic N) is 2. The van der Waals surface area contributed by atoms with Crippen LogP contribution in [-0.2, 0) is 13.0 Å². The summed E-state index contributed by atoms with van der Waals surface area (Å²) >= 11 is 0. The Bertz CT molecular complexity index is 558. The molecule has 1 N–H and O–H groups in total. The Morgan fingerprint density at radius 2 is 2.00 bits per heavy atom. The monoisotopic (exact) mass is 258 g/mol. The number of aromatic nitrogens is 2. The molecule has 0 aliphatic rings. The van der Waals surface area contributed by atoms with Gasteiger partial charge in [0.2, 0.25) is 5.88 Å². The summed E-state index contributed by atoms with van der Waals surface area (Å²) in [6.45, 7) is 7.05. The van der Waals surface area contributed by atoms with E-state index < -0.39 is 0 Å². The second kappa shape index (κ2) is 5.91. The van der Waals surface area contributed by atoms with Crippen LogP contribution in [0.3, 0.4) is 0 Å². The second-order valence-electron chi connectivity index (χ2n) is 4.99. The highest BCUT2D eigenvalue weighted by Crippen LogP contribution is 2.31. The summed E-state index contributed by atoms with van der Waals surface area (Å²) in [7, 11) is 0. The van der Waals surface area contributed by atoms with Gasteiger partial charge in [0.15, 0.2) is 0 Å². The van der Waals surface area contributed by atoms with Gasteiger partial charge in [0.1, 0.15) is 0 Å². The Labute approximate surface area is 114 Å². The average Bonchev–Trinajstić information content (AvgIpc) is 2.69. The number of aryl methyl sites for hydroxylation is 2. The van der Waals surface area contributed by atoms with Crippen molar-refractivity contribution in [1.82, 2.24) is 9.78 Å². The van der Waals surface area contributed by atoms with Crippen molar-refractivity contribution < 1.29 is 5.11 Å². The maximum Gasteiger partial charge on any atom is 0.213 e. The SMILES string of the molecule is CCCc1c(-c2cccc(C)c2)nn(CCC)c1O. The summed E-state index contributed by atoms with van der Waals surface area (Å²) in [6.07, 6.45) is 2.83. The van der Waals surface area contributed by atoms with Crippen LogP contribution in [0, 0.1) is 6.92 Å². The van der Waals surface area contributed by atoms with E-state index in [0.29, 0.717) is 5.88 Å². The van der Waals surface area contributed by atoms with Gasteiger partial charge in [-0.3, -0.25) is 0 Å². The van der Waals surface area contributed by atoms with Gasteiger partial charge >= 0.3 is 0 Å².